The van der Waals surface area contributed by atoms with E-state index in [1.807, 2.05) is 18.2 Å². The highest BCUT2D eigenvalue weighted by Gasteiger charge is 2.31. The van der Waals surface area contributed by atoms with Crippen LogP contribution in [-0.2, 0) is 0 Å². The van der Waals surface area contributed by atoms with Crippen LogP contribution in [0, 0.1) is 0 Å². The molecule has 1 aromatic heterocycles. The number of rotatable bonds is 2. The Morgan fingerprint density at radius 1 is 1.14 bits per heavy atom. The summed E-state index contributed by atoms with van der Waals surface area (Å²) in [5.74, 6) is 1.23. The predicted octanol–water partition coefficient (Wildman–Crippen LogP) is 2.25. The van der Waals surface area contributed by atoms with Gasteiger partial charge in [0, 0.05) is 24.0 Å². The SMILES string of the molecule is Nc1nc(NC2CCN3CCCC3C2)c2ccccc2n1. The number of benzene rings is 1. The third-order valence-electron chi connectivity index (χ3n) is 4.78. The number of piperidine rings is 1. The van der Waals surface area contributed by atoms with Gasteiger partial charge in [-0.25, -0.2) is 4.98 Å². The molecule has 0 spiro atoms. The fourth-order valence-corrected chi connectivity index (χ4v) is 3.75. The lowest BCUT2D eigenvalue weighted by atomic mass is 9.97. The van der Waals surface area contributed by atoms with Crippen molar-refractivity contribution in [3.8, 4) is 0 Å². The number of nitrogens with one attached hydrogen (secondary N) is 1. The summed E-state index contributed by atoms with van der Waals surface area (Å²) in [5.41, 5.74) is 6.75. The van der Waals surface area contributed by atoms with E-state index in [2.05, 4.69) is 26.3 Å². The Kier molecular flexibility index (Phi) is 3.15. The van der Waals surface area contributed by atoms with E-state index in [-0.39, 0.29) is 0 Å². The fraction of sp³-hybridized carbons (Fsp3) is 0.500. The molecule has 2 saturated heterocycles. The number of nitrogens with zero attached hydrogens (tertiary/aromatic N) is 3. The minimum atomic E-state index is 0.342. The summed E-state index contributed by atoms with van der Waals surface area (Å²) in [5, 5.41) is 4.68. The van der Waals surface area contributed by atoms with Gasteiger partial charge in [0.1, 0.15) is 5.82 Å². The van der Waals surface area contributed by atoms with Crippen LogP contribution in [0.1, 0.15) is 25.7 Å². The first kappa shape index (κ1) is 12.8. The quantitative estimate of drug-likeness (QED) is 0.885. The van der Waals surface area contributed by atoms with Gasteiger partial charge in [-0.1, -0.05) is 12.1 Å². The zero-order chi connectivity index (χ0) is 14.2. The molecule has 0 radical (unpaired) electrons. The van der Waals surface area contributed by atoms with E-state index in [0.29, 0.717) is 12.0 Å². The second kappa shape index (κ2) is 5.15. The van der Waals surface area contributed by atoms with Crippen LogP contribution in [0.15, 0.2) is 24.3 Å². The molecule has 0 aliphatic carbocycles. The van der Waals surface area contributed by atoms with E-state index in [4.69, 9.17) is 5.73 Å². The second-order valence-corrected chi connectivity index (χ2v) is 6.15. The molecule has 21 heavy (non-hydrogen) atoms. The predicted molar refractivity (Wildman–Crippen MR) is 85.2 cm³/mol. The van der Waals surface area contributed by atoms with Crippen molar-refractivity contribution in [2.24, 2.45) is 0 Å². The second-order valence-electron chi connectivity index (χ2n) is 6.15. The molecule has 2 aliphatic heterocycles. The number of para-hydroxylation sites is 1. The van der Waals surface area contributed by atoms with Gasteiger partial charge >= 0.3 is 0 Å². The van der Waals surface area contributed by atoms with Crippen molar-refractivity contribution in [2.75, 3.05) is 24.1 Å². The lowest BCUT2D eigenvalue weighted by Crippen LogP contribution is -2.42. The Balaban J connectivity index is 1.59. The van der Waals surface area contributed by atoms with Gasteiger partial charge in [0.2, 0.25) is 5.95 Å². The smallest absolute Gasteiger partial charge is 0.222 e. The normalized spacial score (nSPS) is 25.9. The number of fused-ring (bicyclic) bond motifs is 2. The third kappa shape index (κ3) is 2.42. The van der Waals surface area contributed by atoms with Crippen molar-refractivity contribution in [1.29, 1.82) is 0 Å². The van der Waals surface area contributed by atoms with Crippen LogP contribution in [0.3, 0.4) is 0 Å². The Hall–Kier alpha value is -1.88. The van der Waals surface area contributed by atoms with Gasteiger partial charge in [-0.3, -0.25) is 0 Å². The molecule has 5 nitrogen and oxygen atoms in total. The number of nitrogen functional groups attached to an aromatic ring is 1. The molecular weight excluding hydrogens is 262 g/mol. The molecule has 3 N–H and O–H groups in total. The summed E-state index contributed by atoms with van der Waals surface area (Å²) in [6.07, 6.45) is 5.07. The van der Waals surface area contributed by atoms with Crippen LogP contribution in [-0.4, -0.2) is 40.0 Å². The zero-order valence-electron chi connectivity index (χ0n) is 12.1. The molecule has 4 rings (SSSR count). The molecule has 0 bridgehead atoms. The molecule has 2 aromatic rings. The van der Waals surface area contributed by atoms with E-state index in [1.165, 1.54) is 38.8 Å². The first-order chi connectivity index (χ1) is 10.3. The molecule has 5 heteroatoms. The monoisotopic (exact) mass is 283 g/mol. The molecule has 3 heterocycles. The molecule has 110 valence electrons. The Labute approximate surface area is 124 Å². The van der Waals surface area contributed by atoms with Crippen LogP contribution in [0.5, 0.6) is 0 Å². The minimum Gasteiger partial charge on any atom is -0.368 e. The lowest BCUT2D eigenvalue weighted by Gasteiger charge is -2.35. The molecule has 0 saturated carbocycles. The van der Waals surface area contributed by atoms with Gasteiger partial charge in [-0.2, -0.15) is 4.98 Å². The number of aromatic nitrogens is 2. The van der Waals surface area contributed by atoms with Crippen molar-refractivity contribution in [3.05, 3.63) is 24.3 Å². The number of nitrogens with two attached hydrogens (primary N) is 1. The zero-order valence-corrected chi connectivity index (χ0v) is 12.1. The van der Waals surface area contributed by atoms with Gasteiger partial charge in [-0.05, 0) is 44.4 Å². The largest absolute Gasteiger partial charge is 0.368 e. The van der Waals surface area contributed by atoms with Crippen LogP contribution < -0.4 is 11.1 Å². The molecule has 2 aliphatic rings. The third-order valence-corrected chi connectivity index (χ3v) is 4.78. The summed E-state index contributed by atoms with van der Waals surface area (Å²) < 4.78 is 0. The van der Waals surface area contributed by atoms with Gasteiger partial charge in [0.25, 0.3) is 0 Å². The average molecular weight is 283 g/mol. The van der Waals surface area contributed by atoms with Crippen molar-refractivity contribution < 1.29 is 0 Å². The van der Waals surface area contributed by atoms with Crippen molar-refractivity contribution in [2.45, 2.75) is 37.8 Å². The first-order valence-electron chi connectivity index (χ1n) is 7.82. The van der Waals surface area contributed by atoms with Crippen molar-refractivity contribution >= 4 is 22.7 Å². The van der Waals surface area contributed by atoms with E-state index in [0.717, 1.165) is 22.8 Å². The highest BCUT2D eigenvalue weighted by molar-refractivity contribution is 5.89. The number of hydrogen-bond acceptors (Lipinski definition) is 5. The van der Waals surface area contributed by atoms with Crippen LogP contribution in [0.25, 0.3) is 10.9 Å². The maximum atomic E-state index is 5.84. The van der Waals surface area contributed by atoms with E-state index >= 15 is 0 Å². The van der Waals surface area contributed by atoms with Crippen molar-refractivity contribution in [3.63, 3.8) is 0 Å². The van der Waals surface area contributed by atoms with E-state index < -0.39 is 0 Å². The maximum Gasteiger partial charge on any atom is 0.222 e. The van der Waals surface area contributed by atoms with Gasteiger partial charge < -0.3 is 16.0 Å². The molecule has 2 fully saturated rings. The highest BCUT2D eigenvalue weighted by atomic mass is 15.2. The molecule has 2 unspecified atom stereocenters. The summed E-state index contributed by atoms with van der Waals surface area (Å²) in [4.78, 5) is 11.4. The average Bonchev–Trinajstić information content (AvgIpc) is 2.94. The maximum absolute atomic E-state index is 5.84. The Morgan fingerprint density at radius 2 is 2.05 bits per heavy atom. The van der Waals surface area contributed by atoms with Crippen LogP contribution in [0.2, 0.25) is 0 Å². The summed E-state index contributed by atoms with van der Waals surface area (Å²) in [7, 11) is 0. The highest BCUT2D eigenvalue weighted by Crippen LogP contribution is 2.29. The van der Waals surface area contributed by atoms with Gasteiger partial charge in [-0.15, -0.1) is 0 Å². The molecule has 0 amide bonds. The van der Waals surface area contributed by atoms with Gasteiger partial charge in [0.05, 0.1) is 5.52 Å². The standard InChI is InChI=1S/C16H21N5/c17-16-19-14-6-2-1-5-13(14)15(20-16)18-11-7-9-21-8-3-4-12(21)10-11/h1-2,5-6,11-12H,3-4,7-10H2,(H3,17,18,19,20). The van der Waals surface area contributed by atoms with E-state index in [1.54, 1.807) is 0 Å². The summed E-state index contributed by atoms with van der Waals surface area (Å²) >= 11 is 0. The van der Waals surface area contributed by atoms with Crippen molar-refractivity contribution in [1.82, 2.24) is 14.9 Å². The Bertz CT molecular complexity index is 656. The van der Waals surface area contributed by atoms with Crippen LogP contribution in [0.4, 0.5) is 11.8 Å². The topological polar surface area (TPSA) is 67.1 Å². The number of hydrogen-bond donors (Lipinski definition) is 2. The molecular formula is C16H21N5. The first-order valence-corrected chi connectivity index (χ1v) is 7.82. The van der Waals surface area contributed by atoms with Crippen LogP contribution >= 0.6 is 0 Å². The lowest BCUT2D eigenvalue weighted by molar-refractivity contribution is 0.188. The van der Waals surface area contributed by atoms with Gasteiger partial charge in [0.15, 0.2) is 0 Å². The fourth-order valence-electron chi connectivity index (χ4n) is 3.75. The molecule has 2 atom stereocenters. The number of anilines is 2. The van der Waals surface area contributed by atoms with E-state index in [9.17, 15) is 0 Å². The summed E-state index contributed by atoms with van der Waals surface area (Å²) in [6.45, 7) is 2.47. The minimum absolute atomic E-state index is 0.342. The Morgan fingerprint density at radius 3 is 3.00 bits per heavy atom. The summed E-state index contributed by atoms with van der Waals surface area (Å²) in [6, 6.07) is 9.28. The molecule has 1 aromatic carbocycles.